The highest BCUT2D eigenvalue weighted by molar-refractivity contribution is 5.80. The van der Waals surface area contributed by atoms with Gasteiger partial charge in [0.1, 0.15) is 35.8 Å². The van der Waals surface area contributed by atoms with Gasteiger partial charge in [-0.15, -0.1) is 0 Å². The Labute approximate surface area is 177 Å². The predicted octanol–water partition coefficient (Wildman–Crippen LogP) is 0.197. The van der Waals surface area contributed by atoms with Crippen LogP contribution in [-0.4, -0.2) is 68.6 Å². The molecule has 2 aliphatic rings. The van der Waals surface area contributed by atoms with Crippen LogP contribution in [-0.2, 0) is 9.53 Å². The van der Waals surface area contributed by atoms with Gasteiger partial charge in [0.2, 0.25) is 6.29 Å². The molecule has 2 heterocycles. The van der Waals surface area contributed by atoms with Gasteiger partial charge in [-0.3, -0.25) is 4.79 Å². The second-order valence-electron chi connectivity index (χ2n) is 7.53. The highest BCUT2D eigenvalue weighted by Gasteiger charge is 2.44. The molecule has 1 aliphatic carbocycles. The number of carbonyl (C=O) groups excluding carboxylic acids is 1. The van der Waals surface area contributed by atoms with Crippen molar-refractivity contribution in [2.75, 3.05) is 6.61 Å². The summed E-state index contributed by atoms with van der Waals surface area (Å²) in [7, 11) is 0. The van der Waals surface area contributed by atoms with Crippen LogP contribution in [0.15, 0.2) is 33.5 Å². The Morgan fingerprint density at radius 3 is 2.29 bits per heavy atom. The van der Waals surface area contributed by atoms with E-state index in [1.807, 2.05) is 0 Å². The van der Waals surface area contributed by atoms with Crippen LogP contribution >= 0.6 is 0 Å². The van der Waals surface area contributed by atoms with E-state index in [1.54, 1.807) is 0 Å². The molecule has 0 spiro atoms. The van der Waals surface area contributed by atoms with Crippen LogP contribution in [0.1, 0.15) is 32.1 Å². The van der Waals surface area contributed by atoms with Gasteiger partial charge in [-0.1, -0.05) is 6.42 Å². The maximum atomic E-state index is 11.2. The number of hydrogen-bond acceptors (Lipinski definition) is 10. The molecule has 0 amide bonds. The third kappa shape index (κ3) is 5.60. The van der Waals surface area contributed by atoms with Gasteiger partial charge in [0, 0.05) is 30.4 Å². The lowest BCUT2D eigenvalue weighted by Crippen LogP contribution is -2.60. The third-order valence-corrected chi connectivity index (χ3v) is 5.20. The lowest BCUT2D eigenvalue weighted by molar-refractivity contribution is -0.277. The molecule has 10 heteroatoms. The number of ether oxygens (including phenoxy) is 2. The van der Waals surface area contributed by atoms with Crippen molar-refractivity contribution in [1.82, 2.24) is 0 Å². The number of ketones is 1. The number of carbonyl (C=O) groups is 1. The molecule has 0 bridgehead atoms. The minimum Gasteiger partial charge on any atom is -0.504 e. The van der Waals surface area contributed by atoms with E-state index in [0.29, 0.717) is 11.2 Å². The summed E-state index contributed by atoms with van der Waals surface area (Å²) in [5.74, 6) is -0.0132. The number of phenols is 1. The Bertz CT molecular complexity index is 945. The van der Waals surface area contributed by atoms with Crippen LogP contribution in [0, 0.1) is 0 Å². The number of phenolic OH excluding ortho intramolecular Hbond substituents is 1. The molecule has 4 rings (SSSR count). The molecular weight excluding hydrogens is 412 g/mol. The first-order chi connectivity index (χ1) is 14.8. The Kier molecular flexibility index (Phi) is 7.63. The van der Waals surface area contributed by atoms with Gasteiger partial charge in [-0.25, -0.2) is 4.79 Å². The van der Waals surface area contributed by atoms with E-state index in [4.69, 9.17) is 19.0 Å². The average molecular weight is 438 g/mol. The van der Waals surface area contributed by atoms with E-state index in [2.05, 4.69) is 0 Å². The predicted molar refractivity (Wildman–Crippen MR) is 107 cm³/mol. The quantitative estimate of drug-likeness (QED) is 0.418. The molecule has 1 aliphatic heterocycles. The molecule has 31 heavy (non-hydrogen) atoms. The summed E-state index contributed by atoms with van der Waals surface area (Å²) in [5, 5.41) is 49.0. The van der Waals surface area contributed by atoms with Crippen molar-refractivity contribution in [3.63, 3.8) is 0 Å². The summed E-state index contributed by atoms with van der Waals surface area (Å²) in [6.45, 7) is -0.598. The van der Waals surface area contributed by atoms with Crippen molar-refractivity contribution in [2.24, 2.45) is 0 Å². The fourth-order valence-electron chi connectivity index (χ4n) is 3.41. The van der Waals surface area contributed by atoms with Crippen molar-refractivity contribution in [1.29, 1.82) is 0 Å². The maximum Gasteiger partial charge on any atom is 0.336 e. The summed E-state index contributed by atoms with van der Waals surface area (Å²) in [4.78, 5) is 21.6. The molecule has 5 atom stereocenters. The number of hydrogen-bond donors (Lipinski definition) is 5. The standard InChI is InChI=1S/C15H16O9.C6H10O/c16-5-10-12(19)13(20)14(21)15(24-10)23-9-3-6-1-2-11(18)22-8(6)4-7(9)17;7-6-4-2-1-3-5-6/h1-4,10,12-17,19-21H,5H2;1-5H2/t10-,12-,13+,14-,15-;/m1./s1. The number of Topliss-reactive ketones (excluding diaryl/α,β-unsaturated/α-hetero) is 1. The van der Waals surface area contributed by atoms with Gasteiger partial charge in [-0.2, -0.15) is 0 Å². The maximum absolute atomic E-state index is 11.2. The second kappa shape index (κ2) is 10.2. The normalized spacial score (nSPS) is 28.6. The molecule has 1 aromatic carbocycles. The van der Waals surface area contributed by atoms with Crippen molar-refractivity contribution in [3.05, 3.63) is 34.7 Å². The van der Waals surface area contributed by atoms with Crippen LogP contribution in [0.5, 0.6) is 11.5 Å². The number of aromatic hydroxyl groups is 1. The number of aliphatic hydroxyl groups is 4. The second-order valence-corrected chi connectivity index (χ2v) is 7.53. The van der Waals surface area contributed by atoms with E-state index >= 15 is 0 Å². The molecule has 5 N–H and O–H groups in total. The minimum atomic E-state index is -1.60. The minimum absolute atomic E-state index is 0.0966. The van der Waals surface area contributed by atoms with Gasteiger partial charge >= 0.3 is 5.63 Å². The van der Waals surface area contributed by atoms with E-state index in [9.17, 15) is 30.0 Å². The summed E-state index contributed by atoms with van der Waals surface area (Å²) in [5.41, 5.74) is -0.439. The van der Waals surface area contributed by atoms with Crippen LogP contribution in [0.2, 0.25) is 0 Å². The Hall–Kier alpha value is -2.50. The number of rotatable bonds is 3. The monoisotopic (exact) mass is 438 g/mol. The number of aliphatic hydroxyl groups excluding tert-OH is 4. The van der Waals surface area contributed by atoms with Gasteiger partial charge in [-0.05, 0) is 25.0 Å². The first kappa shape index (κ1) is 23.2. The van der Waals surface area contributed by atoms with Crippen LogP contribution in [0.3, 0.4) is 0 Å². The molecule has 0 radical (unpaired) electrons. The zero-order valence-corrected chi connectivity index (χ0v) is 16.7. The first-order valence-electron chi connectivity index (χ1n) is 10.1. The molecule has 0 unspecified atom stereocenters. The van der Waals surface area contributed by atoms with Gasteiger partial charge < -0.3 is 39.4 Å². The molecule has 2 fully saturated rings. The molecule has 1 saturated heterocycles. The SMILES string of the molecule is O=C1CCCCC1.O=c1ccc2cc(O[C@@H]3O[C@H](CO)[C@@H](O)[C@H](O)[C@H]3O)c(O)cc2o1. The lowest BCUT2D eigenvalue weighted by Gasteiger charge is -2.39. The highest BCUT2D eigenvalue weighted by atomic mass is 16.7. The van der Waals surface area contributed by atoms with Gasteiger partial charge in [0.05, 0.1) is 6.61 Å². The summed E-state index contributed by atoms with van der Waals surface area (Å²) < 4.78 is 15.5. The largest absolute Gasteiger partial charge is 0.504 e. The molecule has 10 nitrogen and oxygen atoms in total. The fourth-order valence-corrected chi connectivity index (χ4v) is 3.41. The van der Waals surface area contributed by atoms with Gasteiger partial charge in [0.15, 0.2) is 11.5 Å². The lowest BCUT2D eigenvalue weighted by atomic mass is 9.99. The van der Waals surface area contributed by atoms with Crippen LogP contribution in [0.4, 0.5) is 0 Å². The van der Waals surface area contributed by atoms with Crippen molar-refractivity contribution in [3.8, 4) is 11.5 Å². The van der Waals surface area contributed by atoms with Crippen LogP contribution in [0.25, 0.3) is 11.0 Å². The van der Waals surface area contributed by atoms with E-state index in [-0.39, 0.29) is 17.1 Å². The molecule has 170 valence electrons. The number of benzene rings is 1. The topological polar surface area (TPSA) is 167 Å². The molecular formula is C21H26O10. The van der Waals surface area contributed by atoms with E-state index in [0.717, 1.165) is 31.7 Å². The highest BCUT2D eigenvalue weighted by Crippen LogP contribution is 2.33. The smallest absolute Gasteiger partial charge is 0.336 e. The van der Waals surface area contributed by atoms with E-state index in [1.165, 1.54) is 24.6 Å². The van der Waals surface area contributed by atoms with Crippen molar-refractivity contribution >= 4 is 16.8 Å². The van der Waals surface area contributed by atoms with Gasteiger partial charge in [0.25, 0.3) is 0 Å². The Morgan fingerprint density at radius 1 is 0.968 bits per heavy atom. The fraction of sp³-hybridized carbons (Fsp3) is 0.524. The summed E-state index contributed by atoms with van der Waals surface area (Å²) in [6.07, 6.45) is -2.03. The zero-order chi connectivity index (χ0) is 22.5. The summed E-state index contributed by atoms with van der Waals surface area (Å²) in [6, 6.07) is 5.17. The third-order valence-electron chi connectivity index (χ3n) is 5.20. The van der Waals surface area contributed by atoms with Crippen molar-refractivity contribution < 1.29 is 44.2 Å². The molecule has 2 aromatic rings. The van der Waals surface area contributed by atoms with E-state index < -0.39 is 42.9 Å². The molecule has 1 saturated carbocycles. The van der Waals surface area contributed by atoms with Crippen molar-refractivity contribution in [2.45, 2.75) is 62.8 Å². The Balaban J connectivity index is 0.000000330. The number of fused-ring (bicyclic) bond motifs is 1. The zero-order valence-electron chi connectivity index (χ0n) is 16.7. The summed E-state index contributed by atoms with van der Waals surface area (Å²) >= 11 is 0. The van der Waals surface area contributed by atoms with Crippen LogP contribution < -0.4 is 10.4 Å². The molecule has 1 aromatic heterocycles. The average Bonchev–Trinajstić information content (AvgIpc) is 2.75. The Morgan fingerprint density at radius 2 is 1.68 bits per heavy atom. The first-order valence-corrected chi connectivity index (χ1v) is 10.1.